The summed E-state index contributed by atoms with van der Waals surface area (Å²) < 4.78 is 5.75. The molecule has 2 aromatic rings. The van der Waals surface area contributed by atoms with Crippen LogP contribution >= 0.6 is 27.3 Å². The summed E-state index contributed by atoms with van der Waals surface area (Å²) in [5.41, 5.74) is 1.24. The fourth-order valence-corrected chi connectivity index (χ4v) is 3.58. The Labute approximate surface area is 127 Å². The Morgan fingerprint density at radius 3 is 2.63 bits per heavy atom. The van der Waals surface area contributed by atoms with Crippen LogP contribution in [-0.4, -0.2) is 6.10 Å². The molecule has 0 saturated carbocycles. The molecule has 1 aromatic carbocycles. The van der Waals surface area contributed by atoms with Gasteiger partial charge in [-0.15, -0.1) is 11.3 Å². The van der Waals surface area contributed by atoms with E-state index >= 15 is 0 Å². The predicted molar refractivity (Wildman–Crippen MR) is 86.7 cm³/mol. The lowest BCUT2D eigenvalue weighted by atomic mass is 10.1. The van der Waals surface area contributed by atoms with Crippen molar-refractivity contribution in [2.24, 2.45) is 0 Å². The van der Waals surface area contributed by atoms with Crippen LogP contribution in [0.25, 0.3) is 0 Å². The third-order valence-electron chi connectivity index (χ3n) is 2.80. The van der Waals surface area contributed by atoms with Crippen molar-refractivity contribution in [3.05, 3.63) is 51.7 Å². The van der Waals surface area contributed by atoms with Crippen LogP contribution in [0.1, 0.15) is 40.9 Å². The van der Waals surface area contributed by atoms with E-state index in [1.807, 2.05) is 31.3 Å². The Morgan fingerprint density at radius 1 is 1.21 bits per heavy atom. The van der Waals surface area contributed by atoms with Gasteiger partial charge < -0.3 is 4.74 Å². The number of alkyl halides is 1. The Kier molecular flexibility index (Phi) is 5.06. The van der Waals surface area contributed by atoms with Crippen LogP contribution in [0.5, 0.6) is 5.75 Å². The molecule has 2 rings (SSSR count). The second kappa shape index (κ2) is 6.58. The molecule has 0 N–H and O–H groups in total. The Morgan fingerprint density at radius 2 is 2.00 bits per heavy atom. The molecule has 1 unspecified atom stereocenters. The van der Waals surface area contributed by atoms with Gasteiger partial charge in [-0.2, -0.15) is 0 Å². The van der Waals surface area contributed by atoms with E-state index in [-0.39, 0.29) is 10.9 Å². The van der Waals surface area contributed by atoms with Gasteiger partial charge in [0, 0.05) is 9.75 Å². The van der Waals surface area contributed by atoms with Gasteiger partial charge in [0.25, 0.3) is 0 Å². The van der Waals surface area contributed by atoms with Crippen molar-refractivity contribution in [3.63, 3.8) is 0 Å². The number of aryl methyl sites for hydroxylation is 1. The lowest BCUT2D eigenvalue weighted by Gasteiger charge is -2.13. The van der Waals surface area contributed by atoms with E-state index in [1.54, 1.807) is 0 Å². The van der Waals surface area contributed by atoms with Crippen LogP contribution in [0.4, 0.5) is 0 Å². The highest BCUT2D eigenvalue weighted by molar-refractivity contribution is 9.09. The van der Waals surface area contributed by atoms with Crippen LogP contribution in [0.2, 0.25) is 0 Å². The first-order chi connectivity index (χ1) is 9.10. The van der Waals surface area contributed by atoms with Gasteiger partial charge in [-0.3, -0.25) is 0 Å². The van der Waals surface area contributed by atoms with E-state index in [4.69, 9.17) is 4.74 Å². The standard InChI is InChI=1S/C16H19BrOS/c1-4-14-8-9-15(19-14)16(17)12-6-5-7-13(10-12)18-11(2)3/h5-11,16H,4H2,1-3H3. The second-order valence-electron chi connectivity index (χ2n) is 4.76. The molecular weight excluding hydrogens is 320 g/mol. The molecule has 0 amide bonds. The summed E-state index contributed by atoms with van der Waals surface area (Å²) in [6, 6.07) is 12.7. The van der Waals surface area contributed by atoms with Crippen LogP contribution < -0.4 is 4.74 Å². The SMILES string of the molecule is CCc1ccc(C(Br)c2cccc(OC(C)C)c2)s1. The molecule has 102 valence electrons. The molecular formula is C16H19BrOS. The van der Waals surface area contributed by atoms with Crippen LogP contribution in [0.15, 0.2) is 36.4 Å². The Balaban J connectivity index is 2.20. The van der Waals surface area contributed by atoms with Gasteiger partial charge in [-0.1, -0.05) is 35.0 Å². The zero-order valence-electron chi connectivity index (χ0n) is 11.5. The van der Waals surface area contributed by atoms with Crippen molar-refractivity contribution in [3.8, 4) is 5.75 Å². The summed E-state index contributed by atoms with van der Waals surface area (Å²) in [5, 5.41) is 0. The molecule has 0 saturated heterocycles. The molecule has 0 radical (unpaired) electrons. The number of hydrogen-bond donors (Lipinski definition) is 0. The second-order valence-corrected chi connectivity index (χ2v) is 6.87. The fourth-order valence-electron chi connectivity index (χ4n) is 1.90. The molecule has 1 aromatic heterocycles. The molecule has 1 atom stereocenters. The van der Waals surface area contributed by atoms with Gasteiger partial charge in [0.05, 0.1) is 10.9 Å². The van der Waals surface area contributed by atoms with Gasteiger partial charge in [0.15, 0.2) is 0 Å². The third kappa shape index (κ3) is 3.83. The van der Waals surface area contributed by atoms with Crippen molar-refractivity contribution in [1.29, 1.82) is 0 Å². The van der Waals surface area contributed by atoms with Gasteiger partial charge in [0.1, 0.15) is 5.75 Å². The minimum atomic E-state index is 0.206. The van der Waals surface area contributed by atoms with E-state index in [9.17, 15) is 0 Å². The minimum absolute atomic E-state index is 0.206. The van der Waals surface area contributed by atoms with E-state index < -0.39 is 0 Å². The van der Waals surface area contributed by atoms with Crippen LogP contribution in [0, 0.1) is 0 Å². The first kappa shape index (κ1) is 14.6. The molecule has 0 aliphatic heterocycles. The number of ether oxygens (including phenoxy) is 1. The highest BCUT2D eigenvalue weighted by Gasteiger charge is 2.13. The molecule has 19 heavy (non-hydrogen) atoms. The number of benzene rings is 1. The molecule has 0 aliphatic carbocycles. The van der Waals surface area contributed by atoms with Crippen molar-refractivity contribution < 1.29 is 4.74 Å². The molecule has 0 bridgehead atoms. The van der Waals surface area contributed by atoms with Gasteiger partial charge in [0.2, 0.25) is 0 Å². The molecule has 1 heterocycles. The lowest BCUT2D eigenvalue weighted by Crippen LogP contribution is -2.05. The van der Waals surface area contributed by atoms with Crippen molar-refractivity contribution in [1.82, 2.24) is 0 Å². The maximum atomic E-state index is 5.75. The summed E-state index contributed by atoms with van der Waals surface area (Å²) in [7, 11) is 0. The zero-order valence-corrected chi connectivity index (χ0v) is 13.9. The Bertz CT molecular complexity index is 533. The number of thiophene rings is 1. The quantitative estimate of drug-likeness (QED) is 0.646. The predicted octanol–water partition coefficient (Wildman–Crippen LogP) is 5.58. The average Bonchev–Trinajstić information content (AvgIpc) is 2.86. The normalized spacial score (nSPS) is 12.7. The smallest absolute Gasteiger partial charge is 0.120 e. The molecule has 0 fully saturated rings. The number of halogens is 1. The van der Waals surface area contributed by atoms with E-state index in [0.717, 1.165) is 12.2 Å². The minimum Gasteiger partial charge on any atom is -0.491 e. The van der Waals surface area contributed by atoms with Crippen molar-refractivity contribution >= 4 is 27.3 Å². The maximum absolute atomic E-state index is 5.75. The topological polar surface area (TPSA) is 9.23 Å². The van der Waals surface area contributed by atoms with Crippen molar-refractivity contribution in [2.75, 3.05) is 0 Å². The summed E-state index contributed by atoms with van der Waals surface area (Å²) >= 11 is 5.66. The van der Waals surface area contributed by atoms with E-state index in [2.05, 4.69) is 53.2 Å². The van der Waals surface area contributed by atoms with E-state index in [0.29, 0.717) is 0 Å². The summed E-state index contributed by atoms with van der Waals surface area (Å²) in [5.74, 6) is 0.934. The van der Waals surface area contributed by atoms with Gasteiger partial charge in [-0.05, 0) is 50.1 Å². The molecule has 3 heteroatoms. The maximum Gasteiger partial charge on any atom is 0.120 e. The number of hydrogen-bond acceptors (Lipinski definition) is 2. The first-order valence-electron chi connectivity index (χ1n) is 6.59. The third-order valence-corrected chi connectivity index (χ3v) is 5.42. The molecule has 0 spiro atoms. The zero-order chi connectivity index (χ0) is 13.8. The summed E-state index contributed by atoms with van der Waals surface area (Å²) in [4.78, 5) is 3.01. The average molecular weight is 339 g/mol. The highest BCUT2D eigenvalue weighted by Crippen LogP contribution is 2.36. The van der Waals surface area contributed by atoms with Gasteiger partial charge in [-0.25, -0.2) is 0 Å². The first-order valence-corrected chi connectivity index (χ1v) is 8.32. The summed E-state index contributed by atoms with van der Waals surface area (Å²) in [6.07, 6.45) is 1.30. The monoisotopic (exact) mass is 338 g/mol. The summed E-state index contributed by atoms with van der Waals surface area (Å²) in [6.45, 7) is 6.28. The van der Waals surface area contributed by atoms with Crippen LogP contribution in [-0.2, 0) is 6.42 Å². The lowest BCUT2D eigenvalue weighted by molar-refractivity contribution is 0.242. The van der Waals surface area contributed by atoms with Crippen LogP contribution in [0.3, 0.4) is 0 Å². The van der Waals surface area contributed by atoms with Crippen molar-refractivity contribution in [2.45, 2.75) is 38.1 Å². The Hall–Kier alpha value is -0.800. The molecule has 1 nitrogen and oxygen atoms in total. The highest BCUT2D eigenvalue weighted by atomic mass is 79.9. The fraction of sp³-hybridized carbons (Fsp3) is 0.375. The van der Waals surface area contributed by atoms with Gasteiger partial charge >= 0.3 is 0 Å². The largest absolute Gasteiger partial charge is 0.491 e. The molecule has 0 aliphatic rings. The number of rotatable bonds is 5. The van der Waals surface area contributed by atoms with E-state index in [1.165, 1.54) is 15.3 Å².